The first-order valence-electron chi connectivity index (χ1n) is 5.82. The summed E-state index contributed by atoms with van der Waals surface area (Å²) in [6, 6.07) is 0.798. The molecule has 0 spiro atoms. The fraction of sp³-hybridized carbons (Fsp3) is 1.00. The van der Waals surface area contributed by atoms with Crippen molar-refractivity contribution in [2.45, 2.75) is 37.3 Å². The van der Waals surface area contributed by atoms with Gasteiger partial charge in [-0.2, -0.15) is 0 Å². The molecule has 3 rings (SSSR count). The highest BCUT2D eigenvalue weighted by atomic mass is 16.5. The van der Waals surface area contributed by atoms with Crippen LogP contribution in [0.4, 0.5) is 0 Å². The van der Waals surface area contributed by atoms with Crippen molar-refractivity contribution in [1.82, 2.24) is 4.90 Å². The van der Waals surface area contributed by atoms with E-state index in [1.807, 2.05) is 0 Å². The first-order chi connectivity index (χ1) is 6.78. The highest BCUT2D eigenvalue weighted by Gasteiger charge is 2.47. The number of hydrogen-bond donors (Lipinski definition) is 1. The summed E-state index contributed by atoms with van der Waals surface area (Å²) >= 11 is 0. The Morgan fingerprint density at radius 1 is 1.29 bits per heavy atom. The average molecular weight is 197 g/mol. The minimum atomic E-state index is -0.431. The van der Waals surface area contributed by atoms with E-state index >= 15 is 0 Å². The van der Waals surface area contributed by atoms with E-state index in [1.54, 1.807) is 0 Å². The lowest BCUT2D eigenvalue weighted by Crippen LogP contribution is -2.41. The van der Waals surface area contributed by atoms with E-state index in [-0.39, 0.29) is 0 Å². The third-order valence-corrected chi connectivity index (χ3v) is 4.06. The molecule has 2 aliphatic heterocycles. The highest BCUT2D eigenvalue weighted by molar-refractivity contribution is 5.00. The van der Waals surface area contributed by atoms with Crippen LogP contribution < -0.4 is 0 Å². The molecule has 3 aliphatic rings. The number of hydrogen-bond acceptors (Lipinski definition) is 3. The maximum absolute atomic E-state index is 10.5. The lowest BCUT2D eigenvalue weighted by Gasteiger charge is -2.28. The van der Waals surface area contributed by atoms with Gasteiger partial charge in [0.25, 0.3) is 0 Å². The number of nitrogens with zero attached hydrogens (tertiary/aromatic N) is 1. The van der Waals surface area contributed by atoms with Gasteiger partial charge in [0.1, 0.15) is 0 Å². The van der Waals surface area contributed by atoms with Gasteiger partial charge in [0.05, 0.1) is 12.2 Å². The lowest BCUT2D eigenvalue weighted by molar-refractivity contribution is -0.0130. The zero-order valence-electron chi connectivity index (χ0n) is 8.61. The molecule has 3 nitrogen and oxygen atoms in total. The van der Waals surface area contributed by atoms with Gasteiger partial charge in [-0.1, -0.05) is 0 Å². The van der Waals surface area contributed by atoms with Gasteiger partial charge in [-0.15, -0.1) is 0 Å². The van der Waals surface area contributed by atoms with Crippen molar-refractivity contribution in [2.75, 3.05) is 26.3 Å². The second kappa shape index (κ2) is 3.19. The van der Waals surface area contributed by atoms with E-state index in [0.717, 1.165) is 45.2 Å². The summed E-state index contributed by atoms with van der Waals surface area (Å²) in [6.07, 6.45) is 4.70. The van der Waals surface area contributed by atoms with E-state index in [1.165, 1.54) is 12.8 Å². The first kappa shape index (κ1) is 9.13. The summed E-state index contributed by atoms with van der Waals surface area (Å²) in [6.45, 7) is 3.61. The van der Waals surface area contributed by atoms with Crippen molar-refractivity contribution in [1.29, 1.82) is 0 Å². The molecule has 2 unspecified atom stereocenters. The van der Waals surface area contributed by atoms with Gasteiger partial charge in [-0.25, -0.2) is 0 Å². The van der Waals surface area contributed by atoms with Crippen LogP contribution in [0.1, 0.15) is 25.7 Å². The Bertz CT molecular complexity index is 223. The molecule has 0 aromatic heterocycles. The van der Waals surface area contributed by atoms with Crippen LogP contribution in [0.15, 0.2) is 0 Å². The average Bonchev–Trinajstić information content (AvgIpc) is 2.74. The van der Waals surface area contributed by atoms with Crippen LogP contribution in [0.25, 0.3) is 0 Å². The lowest BCUT2D eigenvalue weighted by atomic mass is 9.86. The van der Waals surface area contributed by atoms with Crippen molar-refractivity contribution < 1.29 is 9.84 Å². The molecule has 0 amide bonds. The topological polar surface area (TPSA) is 32.7 Å². The normalized spacial score (nSPS) is 44.8. The third kappa shape index (κ3) is 1.47. The van der Waals surface area contributed by atoms with E-state index in [9.17, 15) is 5.11 Å². The largest absolute Gasteiger partial charge is 0.388 e. The summed E-state index contributed by atoms with van der Waals surface area (Å²) in [5.74, 6) is 0.395. The molecular weight excluding hydrogens is 178 g/mol. The predicted molar refractivity (Wildman–Crippen MR) is 53.1 cm³/mol. The van der Waals surface area contributed by atoms with Gasteiger partial charge in [-0.05, 0) is 25.7 Å². The molecule has 0 aromatic rings. The SMILES string of the molecule is OC1(C2CCOC2)CCN(C2CC2)C1. The van der Waals surface area contributed by atoms with Crippen LogP contribution >= 0.6 is 0 Å². The summed E-state index contributed by atoms with van der Waals surface area (Å²) in [5.41, 5.74) is -0.431. The van der Waals surface area contributed by atoms with Crippen LogP contribution in [0.2, 0.25) is 0 Å². The Balaban J connectivity index is 1.65. The van der Waals surface area contributed by atoms with Crippen molar-refractivity contribution in [3.63, 3.8) is 0 Å². The second-order valence-corrected chi connectivity index (χ2v) is 5.12. The van der Waals surface area contributed by atoms with Gasteiger partial charge in [0.2, 0.25) is 0 Å². The van der Waals surface area contributed by atoms with Gasteiger partial charge in [-0.3, -0.25) is 4.90 Å². The van der Waals surface area contributed by atoms with Crippen LogP contribution in [0.5, 0.6) is 0 Å². The molecule has 1 aliphatic carbocycles. The number of rotatable bonds is 2. The van der Waals surface area contributed by atoms with Crippen molar-refractivity contribution in [3.05, 3.63) is 0 Å². The number of ether oxygens (including phenoxy) is 1. The molecule has 1 saturated carbocycles. The van der Waals surface area contributed by atoms with E-state index in [4.69, 9.17) is 4.74 Å². The third-order valence-electron chi connectivity index (χ3n) is 4.06. The molecule has 0 aromatic carbocycles. The number of likely N-dealkylation sites (tertiary alicyclic amines) is 1. The van der Waals surface area contributed by atoms with E-state index < -0.39 is 5.60 Å². The predicted octanol–water partition coefficient (Wildman–Crippen LogP) is 0.622. The summed E-state index contributed by atoms with van der Waals surface area (Å²) in [5, 5.41) is 10.5. The van der Waals surface area contributed by atoms with Gasteiger partial charge in [0, 0.05) is 31.7 Å². The fourth-order valence-corrected chi connectivity index (χ4v) is 2.89. The van der Waals surface area contributed by atoms with Crippen LogP contribution in [-0.4, -0.2) is 48.0 Å². The zero-order valence-corrected chi connectivity index (χ0v) is 8.61. The standard InChI is InChI=1S/C11H19NO2/c13-11(9-3-6-14-7-9)4-5-12(8-11)10-1-2-10/h9-10,13H,1-8H2. The molecular formula is C11H19NO2. The maximum atomic E-state index is 10.5. The summed E-state index contributed by atoms with van der Waals surface area (Å²) in [7, 11) is 0. The Hall–Kier alpha value is -0.120. The molecule has 2 heterocycles. The molecule has 0 radical (unpaired) electrons. The van der Waals surface area contributed by atoms with E-state index in [2.05, 4.69) is 4.90 Å². The molecule has 14 heavy (non-hydrogen) atoms. The van der Waals surface area contributed by atoms with Crippen LogP contribution in [-0.2, 0) is 4.74 Å². The summed E-state index contributed by atoms with van der Waals surface area (Å²) < 4.78 is 5.37. The van der Waals surface area contributed by atoms with Crippen LogP contribution in [0.3, 0.4) is 0 Å². The van der Waals surface area contributed by atoms with Crippen molar-refractivity contribution in [2.24, 2.45) is 5.92 Å². The Morgan fingerprint density at radius 2 is 2.14 bits per heavy atom. The Morgan fingerprint density at radius 3 is 2.79 bits per heavy atom. The van der Waals surface area contributed by atoms with Crippen molar-refractivity contribution >= 4 is 0 Å². The van der Waals surface area contributed by atoms with Crippen molar-refractivity contribution in [3.8, 4) is 0 Å². The minimum absolute atomic E-state index is 0.395. The highest BCUT2D eigenvalue weighted by Crippen LogP contribution is 2.38. The van der Waals surface area contributed by atoms with E-state index in [0.29, 0.717) is 5.92 Å². The van der Waals surface area contributed by atoms with Gasteiger partial charge in [0.15, 0.2) is 0 Å². The monoisotopic (exact) mass is 197 g/mol. The van der Waals surface area contributed by atoms with Gasteiger partial charge >= 0.3 is 0 Å². The molecule has 0 bridgehead atoms. The molecule has 2 atom stereocenters. The smallest absolute Gasteiger partial charge is 0.0837 e. The molecule has 80 valence electrons. The number of β-amino-alcohol motifs (C(OH)–C–C–N with tert-alkyl or cyclic N) is 1. The Labute approximate surface area is 85.0 Å². The fourth-order valence-electron chi connectivity index (χ4n) is 2.89. The molecule has 3 fully saturated rings. The summed E-state index contributed by atoms with van der Waals surface area (Å²) in [4.78, 5) is 2.47. The molecule has 2 saturated heterocycles. The number of aliphatic hydroxyl groups is 1. The quantitative estimate of drug-likeness (QED) is 0.704. The molecule has 1 N–H and O–H groups in total. The van der Waals surface area contributed by atoms with Crippen LogP contribution in [0, 0.1) is 5.92 Å². The Kier molecular flexibility index (Phi) is 2.08. The molecule has 3 heteroatoms. The minimum Gasteiger partial charge on any atom is -0.388 e. The zero-order chi connectivity index (χ0) is 9.60. The second-order valence-electron chi connectivity index (χ2n) is 5.12. The first-order valence-corrected chi connectivity index (χ1v) is 5.82. The van der Waals surface area contributed by atoms with Gasteiger partial charge < -0.3 is 9.84 Å². The maximum Gasteiger partial charge on any atom is 0.0837 e.